The van der Waals surface area contributed by atoms with Crippen LogP contribution in [0.5, 0.6) is 0 Å². The SMILES string of the molecule is CCCc1nc(C)c(CN[C@@H]2CCCOC2)s1. The first-order chi connectivity index (χ1) is 8.29. The summed E-state index contributed by atoms with van der Waals surface area (Å²) in [5.41, 5.74) is 1.20. The highest BCUT2D eigenvalue weighted by Gasteiger charge is 2.14. The molecule has 0 bridgehead atoms. The van der Waals surface area contributed by atoms with Crippen molar-refractivity contribution in [3.63, 3.8) is 0 Å². The molecular weight excluding hydrogens is 232 g/mol. The molecule has 1 saturated heterocycles. The third-order valence-electron chi connectivity index (χ3n) is 3.11. The van der Waals surface area contributed by atoms with E-state index < -0.39 is 0 Å². The summed E-state index contributed by atoms with van der Waals surface area (Å²) in [5, 5.41) is 4.86. The molecule has 1 aromatic heterocycles. The van der Waals surface area contributed by atoms with Gasteiger partial charge in [0.2, 0.25) is 0 Å². The van der Waals surface area contributed by atoms with Crippen molar-refractivity contribution >= 4 is 11.3 Å². The summed E-state index contributed by atoms with van der Waals surface area (Å²) in [6.07, 6.45) is 4.70. The topological polar surface area (TPSA) is 34.2 Å². The van der Waals surface area contributed by atoms with E-state index >= 15 is 0 Å². The van der Waals surface area contributed by atoms with Gasteiger partial charge in [-0.15, -0.1) is 11.3 Å². The van der Waals surface area contributed by atoms with Crippen LogP contribution in [0, 0.1) is 6.92 Å². The molecule has 1 fully saturated rings. The number of hydrogen-bond donors (Lipinski definition) is 1. The molecule has 0 unspecified atom stereocenters. The lowest BCUT2D eigenvalue weighted by molar-refractivity contribution is 0.0700. The molecule has 0 radical (unpaired) electrons. The van der Waals surface area contributed by atoms with Gasteiger partial charge in [0.15, 0.2) is 0 Å². The molecule has 0 saturated carbocycles. The number of rotatable bonds is 5. The van der Waals surface area contributed by atoms with E-state index in [2.05, 4.69) is 24.1 Å². The Balaban J connectivity index is 1.84. The lowest BCUT2D eigenvalue weighted by atomic mass is 10.1. The largest absolute Gasteiger partial charge is 0.380 e. The molecule has 1 aliphatic rings. The minimum Gasteiger partial charge on any atom is -0.380 e. The van der Waals surface area contributed by atoms with Gasteiger partial charge in [0.05, 0.1) is 17.3 Å². The van der Waals surface area contributed by atoms with E-state index in [-0.39, 0.29) is 0 Å². The summed E-state index contributed by atoms with van der Waals surface area (Å²) in [4.78, 5) is 6.00. The zero-order chi connectivity index (χ0) is 12.1. The standard InChI is InChI=1S/C13H22N2OS/c1-3-5-13-15-10(2)12(17-13)8-14-11-6-4-7-16-9-11/h11,14H,3-9H2,1-2H3/t11-/m1/s1. The van der Waals surface area contributed by atoms with Gasteiger partial charge in [-0.25, -0.2) is 4.98 Å². The van der Waals surface area contributed by atoms with Crippen molar-refractivity contribution in [1.29, 1.82) is 0 Å². The summed E-state index contributed by atoms with van der Waals surface area (Å²) in [7, 11) is 0. The Bertz CT molecular complexity index is 345. The molecule has 0 amide bonds. The van der Waals surface area contributed by atoms with Crippen LogP contribution in [0.4, 0.5) is 0 Å². The van der Waals surface area contributed by atoms with Crippen molar-refractivity contribution in [1.82, 2.24) is 10.3 Å². The van der Waals surface area contributed by atoms with E-state index in [4.69, 9.17) is 4.74 Å². The predicted octanol–water partition coefficient (Wildman–Crippen LogP) is 2.67. The minimum atomic E-state index is 0.528. The molecule has 3 nitrogen and oxygen atoms in total. The number of ether oxygens (including phenoxy) is 1. The van der Waals surface area contributed by atoms with Crippen molar-refractivity contribution in [2.24, 2.45) is 0 Å². The Morgan fingerprint density at radius 2 is 2.41 bits per heavy atom. The number of nitrogens with zero attached hydrogens (tertiary/aromatic N) is 1. The molecule has 0 aromatic carbocycles. The van der Waals surface area contributed by atoms with Gasteiger partial charge in [-0.3, -0.25) is 0 Å². The number of aryl methyl sites for hydroxylation is 2. The quantitative estimate of drug-likeness (QED) is 0.877. The van der Waals surface area contributed by atoms with E-state index in [1.54, 1.807) is 0 Å². The molecule has 17 heavy (non-hydrogen) atoms. The van der Waals surface area contributed by atoms with Crippen molar-refractivity contribution in [3.8, 4) is 0 Å². The van der Waals surface area contributed by atoms with Crippen LogP contribution in [0.1, 0.15) is 41.8 Å². The second-order valence-corrected chi connectivity index (χ2v) is 5.83. The molecule has 96 valence electrons. The lowest BCUT2D eigenvalue weighted by Gasteiger charge is -2.22. The summed E-state index contributed by atoms with van der Waals surface area (Å²) < 4.78 is 5.47. The van der Waals surface area contributed by atoms with Crippen molar-refractivity contribution in [3.05, 3.63) is 15.6 Å². The number of aromatic nitrogens is 1. The molecule has 0 aliphatic carbocycles. The summed E-state index contributed by atoms with van der Waals surface area (Å²) in [5.74, 6) is 0. The maximum atomic E-state index is 5.47. The molecule has 2 heterocycles. The van der Waals surface area contributed by atoms with Crippen LogP contribution in [0.3, 0.4) is 0 Å². The van der Waals surface area contributed by atoms with Crippen molar-refractivity contribution in [2.45, 2.75) is 52.1 Å². The summed E-state index contributed by atoms with van der Waals surface area (Å²) in [6, 6.07) is 0.528. The fourth-order valence-corrected chi connectivity index (χ4v) is 3.23. The molecular formula is C13H22N2OS. The van der Waals surface area contributed by atoms with Gasteiger partial charge in [0.1, 0.15) is 0 Å². The minimum absolute atomic E-state index is 0.528. The molecule has 0 spiro atoms. The molecule has 4 heteroatoms. The normalized spacial score (nSPS) is 20.7. The van der Waals surface area contributed by atoms with Crippen LogP contribution in [-0.2, 0) is 17.7 Å². The second kappa shape index (κ2) is 6.47. The van der Waals surface area contributed by atoms with Gasteiger partial charge in [-0.2, -0.15) is 0 Å². The first-order valence-corrected chi connectivity index (χ1v) is 7.37. The van der Waals surface area contributed by atoms with E-state index in [1.807, 2.05) is 11.3 Å². The zero-order valence-corrected chi connectivity index (χ0v) is 11.6. The monoisotopic (exact) mass is 254 g/mol. The van der Waals surface area contributed by atoms with Crippen molar-refractivity contribution in [2.75, 3.05) is 13.2 Å². The zero-order valence-electron chi connectivity index (χ0n) is 10.8. The Hall–Kier alpha value is -0.450. The lowest BCUT2D eigenvalue weighted by Crippen LogP contribution is -2.36. The van der Waals surface area contributed by atoms with Crippen LogP contribution >= 0.6 is 11.3 Å². The maximum absolute atomic E-state index is 5.47. The average molecular weight is 254 g/mol. The van der Waals surface area contributed by atoms with Crippen LogP contribution in [0.25, 0.3) is 0 Å². The third-order valence-corrected chi connectivity index (χ3v) is 4.33. The molecule has 1 N–H and O–H groups in total. The number of nitrogens with one attached hydrogen (secondary N) is 1. The fraction of sp³-hybridized carbons (Fsp3) is 0.769. The van der Waals surface area contributed by atoms with Crippen LogP contribution in [0.2, 0.25) is 0 Å². The van der Waals surface area contributed by atoms with E-state index in [0.717, 1.165) is 26.2 Å². The van der Waals surface area contributed by atoms with Crippen molar-refractivity contribution < 1.29 is 4.74 Å². The second-order valence-electron chi connectivity index (χ2n) is 4.66. The summed E-state index contributed by atoms with van der Waals surface area (Å²) in [6.45, 7) is 7.05. The Morgan fingerprint density at radius 1 is 1.53 bits per heavy atom. The Morgan fingerprint density at radius 3 is 3.12 bits per heavy atom. The highest BCUT2D eigenvalue weighted by molar-refractivity contribution is 7.11. The van der Waals surface area contributed by atoms with E-state index in [0.29, 0.717) is 6.04 Å². The van der Waals surface area contributed by atoms with Gasteiger partial charge < -0.3 is 10.1 Å². The molecule has 1 aliphatic heterocycles. The molecule has 1 aromatic rings. The Labute approximate surface area is 108 Å². The number of thiazole rings is 1. The van der Waals surface area contributed by atoms with Gasteiger partial charge in [-0.1, -0.05) is 6.92 Å². The van der Waals surface area contributed by atoms with E-state index in [9.17, 15) is 0 Å². The Kier molecular flexibility index (Phi) is 4.95. The van der Waals surface area contributed by atoms with Gasteiger partial charge >= 0.3 is 0 Å². The first kappa shape index (κ1) is 13.0. The fourth-order valence-electron chi connectivity index (χ4n) is 2.11. The smallest absolute Gasteiger partial charge is 0.0931 e. The van der Waals surface area contributed by atoms with Crippen LogP contribution in [-0.4, -0.2) is 24.2 Å². The van der Waals surface area contributed by atoms with Gasteiger partial charge in [0, 0.05) is 24.1 Å². The van der Waals surface area contributed by atoms with Crippen LogP contribution in [0.15, 0.2) is 0 Å². The average Bonchev–Trinajstić information content (AvgIpc) is 2.69. The first-order valence-electron chi connectivity index (χ1n) is 6.56. The molecule has 2 rings (SSSR count). The predicted molar refractivity (Wildman–Crippen MR) is 71.5 cm³/mol. The number of hydrogen-bond acceptors (Lipinski definition) is 4. The third kappa shape index (κ3) is 3.76. The van der Waals surface area contributed by atoms with E-state index in [1.165, 1.54) is 34.8 Å². The van der Waals surface area contributed by atoms with Gasteiger partial charge in [0.25, 0.3) is 0 Å². The summed E-state index contributed by atoms with van der Waals surface area (Å²) >= 11 is 1.86. The van der Waals surface area contributed by atoms with Crippen LogP contribution < -0.4 is 5.32 Å². The van der Waals surface area contributed by atoms with Gasteiger partial charge in [-0.05, 0) is 32.6 Å². The highest BCUT2D eigenvalue weighted by Crippen LogP contribution is 2.19. The molecule has 1 atom stereocenters. The highest BCUT2D eigenvalue weighted by atomic mass is 32.1. The maximum Gasteiger partial charge on any atom is 0.0931 e.